The summed E-state index contributed by atoms with van der Waals surface area (Å²) in [5.41, 5.74) is -0.100. The molecule has 6 heteroatoms. The number of benzene rings is 1. The molecule has 1 atom stereocenters. The summed E-state index contributed by atoms with van der Waals surface area (Å²) in [6.07, 6.45) is 6.22. The van der Waals surface area contributed by atoms with E-state index >= 15 is 0 Å². The highest BCUT2D eigenvalue weighted by atomic mass is 19.1. The molecule has 1 aromatic carbocycles. The van der Waals surface area contributed by atoms with Crippen LogP contribution in [-0.2, 0) is 14.3 Å². The van der Waals surface area contributed by atoms with Crippen LogP contribution in [-0.4, -0.2) is 30.1 Å². The second-order valence-corrected chi connectivity index (χ2v) is 8.56. The number of hydrogen-bond donors (Lipinski definition) is 1. The second-order valence-electron chi connectivity index (χ2n) is 8.56. The highest BCUT2D eigenvalue weighted by Gasteiger charge is 2.51. The summed E-state index contributed by atoms with van der Waals surface area (Å²) >= 11 is 0. The van der Waals surface area contributed by atoms with E-state index in [0.29, 0.717) is 5.75 Å². The summed E-state index contributed by atoms with van der Waals surface area (Å²) in [5.74, 6) is 1.36. The smallest absolute Gasteiger partial charge is 0.344 e. The summed E-state index contributed by atoms with van der Waals surface area (Å²) in [7, 11) is 0. The van der Waals surface area contributed by atoms with Gasteiger partial charge in [-0.25, -0.2) is 9.18 Å². The van der Waals surface area contributed by atoms with Gasteiger partial charge in [0.15, 0.2) is 12.7 Å². The van der Waals surface area contributed by atoms with Crippen LogP contribution in [0.25, 0.3) is 0 Å². The SMILES string of the molecule is C[C@@H](OC(=O)COc1ccc(F)cc1)C(=O)NC12CC3CC(CC(C3)C1)C2. The van der Waals surface area contributed by atoms with Crippen molar-refractivity contribution in [3.8, 4) is 5.75 Å². The quantitative estimate of drug-likeness (QED) is 0.776. The van der Waals surface area contributed by atoms with E-state index in [4.69, 9.17) is 9.47 Å². The summed E-state index contributed by atoms with van der Waals surface area (Å²) in [6.45, 7) is 1.27. The fourth-order valence-electron chi connectivity index (χ4n) is 5.58. The molecule has 146 valence electrons. The monoisotopic (exact) mass is 375 g/mol. The number of ether oxygens (including phenoxy) is 2. The summed E-state index contributed by atoms with van der Waals surface area (Å²) < 4.78 is 23.3. The first-order chi connectivity index (χ1) is 12.9. The Labute approximate surface area is 158 Å². The van der Waals surface area contributed by atoms with E-state index in [-0.39, 0.29) is 23.9 Å². The van der Waals surface area contributed by atoms with Crippen LogP contribution in [0.4, 0.5) is 4.39 Å². The largest absolute Gasteiger partial charge is 0.482 e. The number of carbonyl (C=O) groups is 2. The lowest BCUT2D eigenvalue weighted by molar-refractivity contribution is -0.158. The first-order valence-corrected chi connectivity index (χ1v) is 9.81. The third-order valence-corrected chi connectivity index (χ3v) is 6.27. The molecule has 0 saturated heterocycles. The van der Waals surface area contributed by atoms with E-state index < -0.39 is 12.1 Å². The lowest BCUT2D eigenvalue weighted by Crippen LogP contribution is -2.61. The molecule has 5 nitrogen and oxygen atoms in total. The molecule has 0 unspecified atom stereocenters. The molecule has 1 N–H and O–H groups in total. The van der Waals surface area contributed by atoms with Crippen molar-refractivity contribution < 1.29 is 23.5 Å². The molecule has 4 aliphatic rings. The van der Waals surface area contributed by atoms with Gasteiger partial charge in [-0.05, 0) is 87.5 Å². The maximum atomic E-state index is 12.9. The van der Waals surface area contributed by atoms with Crippen LogP contribution in [0.1, 0.15) is 45.4 Å². The molecular weight excluding hydrogens is 349 g/mol. The van der Waals surface area contributed by atoms with Gasteiger partial charge in [-0.2, -0.15) is 0 Å². The first-order valence-electron chi connectivity index (χ1n) is 9.81. The molecule has 1 amide bonds. The number of hydrogen-bond acceptors (Lipinski definition) is 4. The summed E-state index contributed by atoms with van der Waals surface area (Å²) in [4.78, 5) is 24.6. The lowest BCUT2D eigenvalue weighted by Gasteiger charge is -2.57. The number of esters is 1. The fourth-order valence-corrected chi connectivity index (χ4v) is 5.58. The Hall–Kier alpha value is -2.11. The van der Waals surface area contributed by atoms with Gasteiger partial charge in [0.1, 0.15) is 11.6 Å². The minimum Gasteiger partial charge on any atom is -0.482 e. The van der Waals surface area contributed by atoms with E-state index in [9.17, 15) is 14.0 Å². The Kier molecular flexibility index (Phi) is 4.82. The summed E-state index contributed by atoms with van der Waals surface area (Å²) in [6, 6.07) is 5.38. The standard InChI is InChI=1S/C21H26FNO4/c1-13(27-19(24)12-26-18-4-2-17(22)3-5-18)20(25)23-21-9-14-6-15(10-21)8-16(7-14)11-21/h2-5,13-16H,6-12H2,1H3,(H,23,25)/t13-,14?,15?,16?,21?/m1/s1. The average Bonchev–Trinajstić information content (AvgIpc) is 2.59. The van der Waals surface area contributed by atoms with Crippen molar-refractivity contribution in [2.24, 2.45) is 17.8 Å². The first kappa shape index (κ1) is 18.3. The molecule has 4 aliphatic carbocycles. The Balaban J connectivity index is 1.26. The van der Waals surface area contributed by atoms with Crippen molar-refractivity contribution in [2.75, 3.05) is 6.61 Å². The molecule has 0 spiro atoms. The average molecular weight is 375 g/mol. The highest BCUT2D eigenvalue weighted by molar-refractivity contribution is 5.84. The Bertz CT molecular complexity index is 682. The number of nitrogens with one attached hydrogen (secondary N) is 1. The molecule has 4 saturated carbocycles. The predicted molar refractivity (Wildman–Crippen MR) is 96.5 cm³/mol. The van der Waals surface area contributed by atoms with Crippen molar-refractivity contribution in [2.45, 2.75) is 57.1 Å². The third-order valence-electron chi connectivity index (χ3n) is 6.27. The zero-order valence-corrected chi connectivity index (χ0v) is 15.6. The van der Waals surface area contributed by atoms with Gasteiger partial charge in [-0.1, -0.05) is 0 Å². The lowest BCUT2D eigenvalue weighted by atomic mass is 9.53. The van der Waals surface area contributed by atoms with E-state index in [2.05, 4.69) is 5.32 Å². The fraction of sp³-hybridized carbons (Fsp3) is 0.619. The van der Waals surface area contributed by atoms with Gasteiger partial charge in [0.25, 0.3) is 5.91 Å². The molecule has 0 radical (unpaired) electrons. The van der Waals surface area contributed by atoms with Crippen LogP contribution < -0.4 is 10.1 Å². The number of rotatable bonds is 6. The molecule has 5 rings (SSSR count). The van der Waals surface area contributed by atoms with E-state index in [1.165, 1.54) is 43.5 Å². The minimum atomic E-state index is -0.859. The van der Waals surface area contributed by atoms with E-state index in [1.807, 2.05) is 0 Å². The van der Waals surface area contributed by atoms with Gasteiger partial charge in [-0.15, -0.1) is 0 Å². The summed E-state index contributed by atoms with van der Waals surface area (Å²) in [5, 5.41) is 3.21. The normalized spacial score (nSPS) is 32.0. The topological polar surface area (TPSA) is 64.6 Å². The molecular formula is C21H26FNO4. The number of halogens is 1. The Morgan fingerprint density at radius 3 is 2.22 bits per heavy atom. The molecule has 0 heterocycles. The van der Waals surface area contributed by atoms with Gasteiger partial charge in [-0.3, -0.25) is 4.79 Å². The number of carbonyl (C=O) groups excluding carboxylic acids is 2. The van der Waals surface area contributed by atoms with E-state index in [1.54, 1.807) is 6.92 Å². The molecule has 27 heavy (non-hydrogen) atoms. The third kappa shape index (κ3) is 4.09. The van der Waals surface area contributed by atoms with Gasteiger partial charge in [0.05, 0.1) is 0 Å². The predicted octanol–water partition coefficient (Wildman–Crippen LogP) is 3.22. The Morgan fingerprint density at radius 2 is 1.67 bits per heavy atom. The van der Waals surface area contributed by atoms with Crippen molar-refractivity contribution >= 4 is 11.9 Å². The van der Waals surface area contributed by atoms with Crippen LogP contribution in [0.5, 0.6) is 5.75 Å². The van der Waals surface area contributed by atoms with Crippen molar-refractivity contribution in [1.29, 1.82) is 0 Å². The van der Waals surface area contributed by atoms with Crippen LogP contribution in [0.2, 0.25) is 0 Å². The Morgan fingerprint density at radius 1 is 1.11 bits per heavy atom. The molecule has 4 bridgehead atoms. The van der Waals surface area contributed by atoms with Crippen LogP contribution >= 0.6 is 0 Å². The highest BCUT2D eigenvalue weighted by Crippen LogP contribution is 2.55. The molecule has 4 fully saturated rings. The van der Waals surface area contributed by atoms with Gasteiger partial charge in [0, 0.05) is 5.54 Å². The van der Waals surface area contributed by atoms with Gasteiger partial charge < -0.3 is 14.8 Å². The van der Waals surface area contributed by atoms with Gasteiger partial charge >= 0.3 is 5.97 Å². The van der Waals surface area contributed by atoms with E-state index in [0.717, 1.165) is 37.0 Å². The van der Waals surface area contributed by atoms with Crippen LogP contribution in [0.15, 0.2) is 24.3 Å². The minimum absolute atomic E-state index is 0.100. The molecule has 0 aliphatic heterocycles. The zero-order chi connectivity index (χ0) is 19.0. The van der Waals surface area contributed by atoms with Crippen LogP contribution in [0.3, 0.4) is 0 Å². The molecule has 1 aromatic rings. The number of amides is 1. The zero-order valence-electron chi connectivity index (χ0n) is 15.6. The van der Waals surface area contributed by atoms with Crippen LogP contribution in [0, 0.1) is 23.6 Å². The van der Waals surface area contributed by atoms with Crippen molar-refractivity contribution in [3.63, 3.8) is 0 Å². The second kappa shape index (κ2) is 7.13. The van der Waals surface area contributed by atoms with Crippen molar-refractivity contribution in [3.05, 3.63) is 30.1 Å². The molecule has 0 aromatic heterocycles. The van der Waals surface area contributed by atoms with Crippen molar-refractivity contribution in [1.82, 2.24) is 5.32 Å². The maximum Gasteiger partial charge on any atom is 0.344 e. The van der Waals surface area contributed by atoms with Gasteiger partial charge in [0.2, 0.25) is 0 Å². The maximum absolute atomic E-state index is 12.9.